The molecule has 1 saturated carbocycles. The Morgan fingerprint density at radius 2 is 2.00 bits per heavy atom. The average molecular weight is 263 g/mol. The number of aliphatic hydroxyl groups excluding tert-OH is 1. The van der Waals surface area contributed by atoms with Gasteiger partial charge in [-0.25, -0.2) is 0 Å². The highest BCUT2D eigenvalue weighted by Crippen LogP contribution is 2.28. The predicted molar refractivity (Wildman–Crippen MR) is 73.2 cm³/mol. The molecule has 0 radical (unpaired) electrons. The van der Waals surface area contributed by atoms with Gasteiger partial charge >= 0.3 is 0 Å². The van der Waals surface area contributed by atoms with Crippen molar-refractivity contribution in [3.8, 4) is 5.75 Å². The molecule has 2 rings (SSSR count). The average Bonchev–Trinajstić information content (AvgIpc) is 2.43. The van der Waals surface area contributed by atoms with Crippen molar-refractivity contribution in [2.75, 3.05) is 6.61 Å². The summed E-state index contributed by atoms with van der Waals surface area (Å²) in [6, 6.07) is 4.79. The van der Waals surface area contributed by atoms with Gasteiger partial charge in [0.1, 0.15) is 5.75 Å². The molecule has 4 nitrogen and oxygen atoms in total. The lowest BCUT2D eigenvalue weighted by Crippen LogP contribution is -2.52. The smallest absolute Gasteiger partial charge is 0.251 e. The zero-order chi connectivity index (χ0) is 13.9. The number of aromatic hydroxyl groups is 1. The van der Waals surface area contributed by atoms with E-state index in [2.05, 4.69) is 5.32 Å². The van der Waals surface area contributed by atoms with E-state index in [4.69, 9.17) is 0 Å². The topological polar surface area (TPSA) is 69.6 Å². The largest absolute Gasteiger partial charge is 0.508 e. The van der Waals surface area contributed by atoms with Crippen LogP contribution in [-0.2, 0) is 0 Å². The lowest BCUT2D eigenvalue weighted by Gasteiger charge is -2.36. The van der Waals surface area contributed by atoms with Crippen molar-refractivity contribution >= 4 is 5.91 Å². The molecule has 1 aromatic carbocycles. The van der Waals surface area contributed by atoms with Crippen molar-refractivity contribution in [1.82, 2.24) is 5.32 Å². The Kier molecular flexibility index (Phi) is 4.10. The number of amides is 1. The third-order valence-electron chi connectivity index (χ3n) is 3.95. The standard InChI is InChI=1S/C15H21NO3/c1-11-9-12(5-6-13(11)18)14(19)16-15(10-17)7-3-2-4-8-15/h5-6,9,17-18H,2-4,7-8,10H2,1H3,(H,16,19). The fourth-order valence-corrected chi connectivity index (χ4v) is 2.66. The molecule has 104 valence electrons. The Morgan fingerprint density at radius 3 is 2.58 bits per heavy atom. The van der Waals surface area contributed by atoms with E-state index in [9.17, 15) is 15.0 Å². The van der Waals surface area contributed by atoms with Gasteiger partial charge in [-0.1, -0.05) is 19.3 Å². The van der Waals surface area contributed by atoms with Crippen LogP contribution >= 0.6 is 0 Å². The van der Waals surface area contributed by atoms with Gasteiger partial charge in [-0.15, -0.1) is 0 Å². The fraction of sp³-hybridized carbons (Fsp3) is 0.533. The molecule has 0 spiro atoms. The van der Waals surface area contributed by atoms with Gasteiger partial charge in [0.2, 0.25) is 0 Å². The molecule has 0 atom stereocenters. The number of aliphatic hydroxyl groups is 1. The number of hydrogen-bond acceptors (Lipinski definition) is 3. The maximum absolute atomic E-state index is 12.2. The number of phenolic OH excluding ortho intramolecular Hbond substituents is 1. The molecule has 1 amide bonds. The lowest BCUT2D eigenvalue weighted by molar-refractivity contribution is 0.0758. The van der Waals surface area contributed by atoms with Crippen LogP contribution in [0.3, 0.4) is 0 Å². The monoisotopic (exact) mass is 263 g/mol. The number of aryl methyl sites for hydroxylation is 1. The van der Waals surface area contributed by atoms with Gasteiger partial charge in [-0.2, -0.15) is 0 Å². The molecule has 19 heavy (non-hydrogen) atoms. The van der Waals surface area contributed by atoms with Crippen molar-refractivity contribution < 1.29 is 15.0 Å². The molecule has 3 N–H and O–H groups in total. The Hall–Kier alpha value is -1.55. The van der Waals surface area contributed by atoms with Crippen molar-refractivity contribution in [3.05, 3.63) is 29.3 Å². The van der Waals surface area contributed by atoms with Crippen molar-refractivity contribution in [2.24, 2.45) is 0 Å². The van der Waals surface area contributed by atoms with Gasteiger partial charge in [0, 0.05) is 5.56 Å². The highest BCUT2D eigenvalue weighted by molar-refractivity contribution is 5.95. The molecule has 1 aromatic rings. The molecule has 0 bridgehead atoms. The summed E-state index contributed by atoms with van der Waals surface area (Å²) in [5.74, 6) is 0.00476. The molecule has 4 heteroatoms. The van der Waals surface area contributed by atoms with Crippen molar-refractivity contribution in [1.29, 1.82) is 0 Å². The molecule has 1 aliphatic carbocycles. The summed E-state index contributed by atoms with van der Waals surface area (Å²) in [6.45, 7) is 1.74. The Labute approximate surface area is 113 Å². The summed E-state index contributed by atoms with van der Waals surface area (Å²) < 4.78 is 0. The third kappa shape index (κ3) is 3.07. The van der Waals surface area contributed by atoms with Crippen LogP contribution in [0.25, 0.3) is 0 Å². The first kappa shape index (κ1) is 13.9. The van der Waals surface area contributed by atoms with E-state index in [-0.39, 0.29) is 18.3 Å². The van der Waals surface area contributed by atoms with Gasteiger partial charge in [0.05, 0.1) is 12.1 Å². The van der Waals surface area contributed by atoms with Gasteiger partial charge in [0.25, 0.3) is 5.91 Å². The van der Waals surface area contributed by atoms with Crippen LogP contribution in [0.1, 0.15) is 48.0 Å². The second kappa shape index (κ2) is 5.61. The van der Waals surface area contributed by atoms with E-state index in [1.807, 2.05) is 0 Å². The summed E-state index contributed by atoms with van der Waals surface area (Å²) in [5.41, 5.74) is 0.726. The zero-order valence-corrected chi connectivity index (χ0v) is 11.3. The van der Waals surface area contributed by atoms with Crippen LogP contribution in [-0.4, -0.2) is 28.3 Å². The molecular weight excluding hydrogens is 242 g/mol. The first-order chi connectivity index (χ1) is 9.06. The van der Waals surface area contributed by atoms with Crippen LogP contribution in [0.15, 0.2) is 18.2 Å². The number of nitrogens with one attached hydrogen (secondary N) is 1. The number of rotatable bonds is 3. The van der Waals surface area contributed by atoms with E-state index in [0.717, 1.165) is 32.1 Å². The van der Waals surface area contributed by atoms with Crippen molar-refractivity contribution in [3.63, 3.8) is 0 Å². The SMILES string of the molecule is Cc1cc(C(=O)NC2(CO)CCCCC2)ccc1O. The molecule has 1 fully saturated rings. The molecule has 0 saturated heterocycles. The van der Waals surface area contributed by atoms with E-state index < -0.39 is 5.54 Å². The number of hydrogen-bond donors (Lipinski definition) is 3. The van der Waals surface area contributed by atoms with Crippen molar-refractivity contribution in [2.45, 2.75) is 44.6 Å². The second-order valence-corrected chi connectivity index (χ2v) is 5.45. The number of carbonyl (C=O) groups excluding carboxylic acids is 1. The first-order valence-corrected chi connectivity index (χ1v) is 6.79. The van der Waals surface area contributed by atoms with E-state index in [1.54, 1.807) is 19.1 Å². The minimum atomic E-state index is -0.471. The minimum absolute atomic E-state index is 0.0180. The molecule has 0 aliphatic heterocycles. The second-order valence-electron chi connectivity index (χ2n) is 5.45. The van der Waals surface area contributed by atoms with Crippen LogP contribution in [0.4, 0.5) is 0 Å². The zero-order valence-electron chi connectivity index (χ0n) is 11.3. The number of carbonyl (C=O) groups is 1. The third-order valence-corrected chi connectivity index (χ3v) is 3.95. The van der Waals surface area contributed by atoms with Crippen LogP contribution in [0.5, 0.6) is 5.75 Å². The van der Waals surface area contributed by atoms with Gasteiger partial charge in [-0.05, 0) is 43.5 Å². The maximum Gasteiger partial charge on any atom is 0.251 e. The highest BCUT2D eigenvalue weighted by Gasteiger charge is 2.33. The van der Waals surface area contributed by atoms with E-state index in [1.165, 1.54) is 6.07 Å². The summed E-state index contributed by atoms with van der Waals surface area (Å²) in [5, 5.41) is 22.0. The van der Waals surface area contributed by atoms with Crippen LogP contribution in [0.2, 0.25) is 0 Å². The molecule has 1 aliphatic rings. The van der Waals surface area contributed by atoms with Gasteiger partial charge in [0.15, 0.2) is 0 Å². The van der Waals surface area contributed by atoms with Crippen LogP contribution < -0.4 is 5.32 Å². The predicted octanol–water partition coefficient (Wildman–Crippen LogP) is 2.13. The normalized spacial score (nSPS) is 18.0. The number of phenols is 1. The molecule has 0 unspecified atom stereocenters. The quantitative estimate of drug-likeness (QED) is 0.782. The Bertz CT molecular complexity index is 464. The highest BCUT2D eigenvalue weighted by atomic mass is 16.3. The Balaban J connectivity index is 2.12. The van der Waals surface area contributed by atoms with Crippen LogP contribution in [0, 0.1) is 6.92 Å². The summed E-state index contributed by atoms with van der Waals surface area (Å²) in [4.78, 5) is 12.2. The molecule has 0 aromatic heterocycles. The summed E-state index contributed by atoms with van der Waals surface area (Å²) >= 11 is 0. The van der Waals surface area contributed by atoms with E-state index >= 15 is 0 Å². The summed E-state index contributed by atoms with van der Waals surface area (Å²) in [6.07, 6.45) is 4.89. The van der Waals surface area contributed by atoms with Gasteiger partial charge in [-0.3, -0.25) is 4.79 Å². The first-order valence-electron chi connectivity index (χ1n) is 6.79. The Morgan fingerprint density at radius 1 is 1.32 bits per heavy atom. The lowest BCUT2D eigenvalue weighted by atomic mass is 9.82. The maximum atomic E-state index is 12.2. The molecule has 0 heterocycles. The minimum Gasteiger partial charge on any atom is -0.508 e. The fourth-order valence-electron chi connectivity index (χ4n) is 2.66. The molecular formula is C15H21NO3. The van der Waals surface area contributed by atoms with Gasteiger partial charge < -0.3 is 15.5 Å². The summed E-state index contributed by atoms with van der Waals surface area (Å²) in [7, 11) is 0. The van der Waals surface area contributed by atoms with E-state index in [0.29, 0.717) is 11.1 Å². The number of benzene rings is 1.